The van der Waals surface area contributed by atoms with Gasteiger partial charge in [0.1, 0.15) is 0 Å². The van der Waals surface area contributed by atoms with Gasteiger partial charge >= 0.3 is 0 Å². The molecule has 0 amide bonds. The van der Waals surface area contributed by atoms with Gasteiger partial charge in [0, 0.05) is 21.8 Å². The Bertz CT molecular complexity index is 1120. The summed E-state index contributed by atoms with van der Waals surface area (Å²) in [4.78, 5) is 3.83. The second-order valence-corrected chi connectivity index (χ2v) is 26.3. The van der Waals surface area contributed by atoms with Crippen LogP contribution in [0.1, 0.15) is 146 Å². The van der Waals surface area contributed by atoms with E-state index in [2.05, 4.69) is 111 Å². The molecule has 1 N–H and O–H groups in total. The first-order chi connectivity index (χ1) is 20.6. The van der Waals surface area contributed by atoms with Gasteiger partial charge in [-0.3, -0.25) is 0 Å². The van der Waals surface area contributed by atoms with Crippen molar-refractivity contribution in [3.8, 4) is 0 Å². The van der Waals surface area contributed by atoms with E-state index in [9.17, 15) is 0 Å². The molecular formula is C40H69NSi2. The van der Waals surface area contributed by atoms with Crippen molar-refractivity contribution in [3.63, 3.8) is 0 Å². The quantitative estimate of drug-likeness (QED) is 0.0956. The molecule has 1 nitrogen and oxygen atoms in total. The minimum Gasteiger partial charge on any atom is -0.355 e. The van der Waals surface area contributed by atoms with Gasteiger partial charge in [-0.15, -0.1) is 0 Å². The van der Waals surface area contributed by atoms with E-state index in [-0.39, 0.29) is 0 Å². The van der Waals surface area contributed by atoms with Gasteiger partial charge in [0.2, 0.25) is 0 Å². The molecule has 0 unspecified atom stereocenters. The third-order valence-electron chi connectivity index (χ3n) is 11.7. The summed E-state index contributed by atoms with van der Waals surface area (Å²) in [6, 6.07) is 18.1. The number of H-pyrrole nitrogens is 1. The summed E-state index contributed by atoms with van der Waals surface area (Å²) in [5, 5.41) is 6.36. The van der Waals surface area contributed by atoms with Gasteiger partial charge in [-0.25, -0.2) is 0 Å². The Morgan fingerprint density at radius 3 is 1.12 bits per heavy atom. The van der Waals surface area contributed by atoms with Crippen molar-refractivity contribution in [1.82, 2.24) is 4.98 Å². The van der Waals surface area contributed by atoms with E-state index in [1.54, 1.807) is 10.4 Å². The van der Waals surface area contributed by atoms with Crippen molar-refractivity contribution in [2.45, 2.75) is 181 Å². The average molecular weight is 620 g/mol. The molecule has 0 bridgehead atoms. The first kappa shape index (κ1) is 36.1. The van der Waals surface area contributed by atoms with Crippen molar-refractivity contribution >= 4 is 48.3 Å². The molecule has 43 heavy (non-hydrogen) atoms. The maximum atomic E-state index is 3.83. The van der Waals surface area contributed by atoms with E-state index < -0.39 is 16.1 Å². The SMILES string of the molecule is CCCCCCCC[Si](c1ccc2[nH]c3ccc([Si](CCCCCCCC)(C(C)C)C(C)C)cc3c2c1)(C(C)C)C(C)C. The summed E-state index contributed by atoms with van der Waals surface area (Å²) in [7, 11) is -3.39. The van der Waals surface area contributed by atoms with Crippen LogP contribution in [-0.4, -0.2) is 21.1 Å². The summed E-state index contributed by atoms with van der Waals surface area (Å²) in [6.45, 7) is 24.9. The number of benzene rings is 2. The van der Waals surface area contributed by atoms with Crippen LogP contribution in [0.4, 0.5) is 0 Å². The van der Waals surface area contributed by atoms with E-state index in [4.69, 9.17) is 0 Å². The summed E-state index contributed by atoms with van der Waals surface area (Å²) < 4.78 is 0. The monoisotopic (exact) mass is 619 g/mol. The van der Waals surface area contributed by atoms with Crippen LogP contribution in [0, 0.1) is 0 Å². The molecule has 0 aliphatic rings. The predicted molar refractivity (Wildman–Crippen MR) is 203 cm³/mol. The van der Waals surface area contributed by atoms with Crippen molar-refractivity contribution in [2.24, 2.45) is 0 Å². The fraction of sp³-hybridized carbons (Fsp3) is 0.700. The Balaban J connectivity index is 2.03. The topological polar surface area (TPSA) is 15.8 Å². The van der Waals surface area contributed by atoms with Gasteiger partial charge in [0.15, 0.2) is 0 Å². The average Bonchev–Trinajstić information content (AvgIpc) is 3.33. The summed E-state index contributed by atoms with van der Waals surface area (Å²) in [6.07, 6.45) is 16.7. The maximum absolute atomic E-state index is 3.83. The largest absolute Gasteiger partial charge is 0.355 e. The summed E-state index contributed by atoms with van der Waals surface area (Å²) in [5.74, 6) is 0. The number of unbranched alkanes of at least 4 members (excludes halogenated alkanes) is 10. The Labute approximate surface area is 269 Å². The molecule has 1 aromatic heterocycles. The molecule has 0 aliphatic carbocycles. The number of fused-ring (bicyclic) bond motifs is 3. The van der Waals surface area contributed by atoms with Crippen LogP contribution in [0.25, 0.3) is 21.8 Å². The fourth-order valence-electron chi connectivity index (χ4n) is 8.98. The smallest absolute Gasteiger partial charge is 0.0917 e. The lowest BCUT2D eigenvalue weighted by Gasteiger charge is -2.41. The van der Waals surface area contributed by atoms with E-state index in [0.717, 1.165) is 22.2 Å². The molecule has 0 saturated heterocycles. The zero-order chi connectivity index (χ0) is 31.6. The summed E-state index contributed by atoms with van der Waals surface area (Å²) in [5.41, 5.74) is 5.65. The van der Waals surface area contributed by atoms with E-state index >= 15 is 0 Å². The molecule has 0 fully saturated rings. The lowest BCUT2D eigenvalue weighted by molar-refractivity contribution is 0.620. The van der Waals surface area contributed by atoms with Gasteiger partial charge in [-0.1, -0.05) is 193 Å². The van der Waals surface area contributed by atoms with Gasteiger partial charge in [0.25, 0.3) is 0 Å². The van der Waals surface area contributed by atoms with Crippen LogP contribution in [0.3, 0.4) is 0 Å². The van der Waals surface area contributed by atoms with Gasteiger partial charge < -0.3 is 4.98 Å². The zero-order valence-corrected chi connectivity index (χ0v) is 32.2. The first-order valence-electron chi connectivity index (χ1n) is 18.6. The van der Waals surface area contributed by atoms with E-state index in [0.29, 0.717) is 0 Å². The van der Waals surface area contributed by atoms with Gasteiger partial charge in [0.05, 0.1) is 16.1 Å². The summed E-state index contributed by atoms with van der Waals surface area (Å²) >= 11 is 0. The van der Waals surface area contributed by atoms with Crippen LogP contribution in [-0.2, 0) is 0 Å². The van der Waals surface area contributed by atoms with Crippen LogP contribution in [0.5, 0.6) is 0 Å². The molecule has 242 valence electrons. The minimum atomic E-state index is -1.70. The van der Waals surface area contributed by atoms with Gasteiger partial charge in [-0.05, 0) is 34.3 Å². The Kier molecular flexibility index (Phi) is 14.1. The van der Waals surface area contributed by atoms with Crippen LogP contribution < -0.4 is 10.4 Å². The third-order valence-corrected chi connectivity index (χ3v) is 25.1. The highest BCUT2D eigenvalue weighted by molar-refractivity contribution is 6.94. The second-order valence-electron chi connectivity index (χ2n) is 15.4. The highest BCUT2D eigenvalue weighted by Crippen LogP contribution is 2.40. The van der Waals surface area contributed by atoms with Crippen molar-refractivity contribution in [2.75, 3.05) is 0 Å². The molecule has 0 saturated carbocycles. The Morgan fingerprint density at radius 2 is 0.791 bits per heavy atom. The molecule has 3 rings (SSSR count). The molecule has 0 atom stereocenters. The first-order valence-corrected chi connectivity index (χ1v) is 23.3. The molecule has 3 aromatic rings. The van der Waals surface area contributed by atoms with Crippen LogP contribution >= 0.6 is 0 Å². The molecule has 3 heteroatoms. The maximum Gasteiger partial charge on any atom is 0.0917 e. The van der Waals surface area contributed by atoms with Gasteiger partial charge in [-0.2, -0.15) is 0 Å². The molecule has 2 aromatic carbocycles. The minimum absolute atomic E-state index is 0.751. The third kappa shape index (κ3) is 8.10. The van der Waals surface area contributed by atoms with Crippen molar-refractivity contribution < 1.29 is 0 Å². The predicted octanol–water partition coefficient (Wildman–Crippen LogP) is 13.0. The van der Waals surface area contributed by atoms with Crippen molar-refractivity contribution in [3.05, 3.63) is 36.4 Å². The fourth-order valence-corrected chi connectivity index (χ4v) is 20.5. The molecule has 0 radical (unpaired) electrons. The van der Waals surface area contributed by atoms with Crippen LogP contribution in [0.15, 0.2) is 36.4 Å². The lowest BCUT2D eigenvalue weighted by atomic mass is 10.1. The molecule has 1 heterocycles. The molecule has 0 aliphatic heterocycles. The zero-order valence-electron chi connectivity index (χ0n) is 30.2. The highest BCUT2D eigenvalue weighted by atomic mass is 28.3. The second kappa shape index (κ2) is 16.8. The standard InChI is InChI=1S/C40H69NSi2/c1-11-13-15-17-19-21-27-42(31(3)4,32(5)6)35-23-25-39-37(29-35)38-30-36(24-26-40(38)41-39)43(33(7)8,34(9)10)28-22-20-18-16-14-12-2/h23-26,29-34,41H,11-22,27-28H2,1-10H3. The molecular weight excluding hydrogens is 551 g/mol. The molecule has 0 spiro atoms. The van der Waals surface area contributed by atoms with E-state index in [1.807, 2.05) is 0 Å². The highest BCUT2D eigenvalue weighted by Gasteiger charge is 2.42. The number of nitrogens with one attached hydrogen (secondary N) is 1. The van der Waals surface area contributed by atoms with Crippen LogP contribution in [0.2, 0.25) is 34.3 Å². The number of hydrogen-bond donors (Lipinski definition) is 1. The Morgan fingerprint density at radius 1 is 0.465 bits per heavy atom. The number of aromatic amines is 1. The number of hydrogen-bond acceptors (Lipinski definition) is 0. The number of rotatable bonds is 20. The lowest BCUT2D eigenvalue weighted by Crippen LogP contribution is -2.53. The normalized spacial score (nSPS) is 13.2. The number of aromatic nitrogens is 1. The van der Waals surface area contributed by atoms with E-state index in [1.165, 1.54) is 111 Å². The van der Waals surface area contributed by atoms with Crippen molar-refractivity contribution in [1.29, 1.82) is 0 Å². The Hall–Kier alpha value is -1.33.